The van der Waals surface area contributed by atoms with Crippen LogP contribution < -0.4 is 5.73 Å². The van der Waals surface area contributed by atoms with Gasteiger partial charge in [-0.15, -0.1) is 0 Å². The smallest absolute Gasteiger partial charge is 0.281 e. The Hall–Kier alpha value is -3.44. The number of hydrogen-bond acceptors (Lipinski definition) is 4. The molecule has 3 aromatic rings. The van der Waals surface area contributed by atoms with Crippen LogP contribution in [0.25, 0.3) is 11.1 Å². The SMILES string of the molecule is CCC(F)c1cc(F)cc(C#N)c1Cc1ccc(-c2cccnc2N)c2c1CC(F)(F)C2O. The van der Waals surface area contributed by atoms with Crippen LogP contribution in [0.3, 0.4) is 0 Å². The molecule has 0 fully saturated rings. The first-order valence-corrected chi connectivity index (χ1v) is 10.5. The molecule has 1 aromatic heterocycles. The average Bonchev–Trinajstić information content (AvgIpc) is 3.04. The highest BCUT2D eigenvalue weighted by molar-refractivity contribution is 5.79. The number of nitrogens with two attached hydrogens (primary N) is 1. The summed E-state index contributed by atoms with van der Waals surface area (Å²) in [5.74, 6) is -4.03. The maximum absolute atomic E-state index is 14.7. The van der Waals surface area contributed by atoms with Crippen molar-refractivity contribution in [3.8, 4) is 17.2 Å². The predicted molar refractivity (Wildman–Crippen MR) is 116 cm³/mol. The van der Waals surface area contributed by atoms with E-state index in [9.17, 15) is 27.9 Å². The van der Waals surface area contributed by atoms with Crippen molar-refractivity contribution in [3.05, 3.63) is 81.8 Å². The number of nitrogens with zero attached hydrogens (tertiary/aromatic N) is 2. The fourth-order valence-corrected chi connectivity index (χ4v) is 4.46. The summed E-state index contributed by atoms with van der Waals surface area (Å²) in [6.07, 6.45) is -2.83. The zero-order chi connectivity index (χ0) is 23.9. The Labute approximate surface area is 188 Å². The fraction of sp³-hybridized carbons (Fsp3) is 0.280. The van der Waals surface area contributed by atoms with Gasteiger partial charge in [0, 0.05) is 18.2 Å². The topological polar surface area (TPSA) is 82.9 Å². The van der Waals surface area contributed by atoms with Crippen LogP contribution in [0.2, 0.25) is 0 Å². The molecule has 2 unspecified atom stereocenters. The summed E-state index contributed by atoms with van der Waals surface area (Å²) < 4.78 is 58.0. The number of pyridine rings is 1. The molecule has 4 nitrogen and oxygen atoms in total. The first-order valence-electron chi connectivity index (χ1n) is 10.5. The lowest BCUT2D eigenvalue weighted by atomic mass is 9.87. The lowest BCUT2D eigenvalue weighted by Crippen LogP contribution is -2.21. The van der Waals surface area contributed by atoms with Gasteiger partial charge in [0.1, 0.15) is 23.9 Å². The summed E-state index contributed by atoms with van der Waals surface area (Å²) >= 11 is 0. The van der Waals surface area contributed by atoms with E-state index in [1.807, 2.05) is 6.07 Å². The lowest BCUT2D eigenvalue weighted by Gasteiger charge is -2.19. The van der Waals surface area contributed by atoms with E-state index in [0.717, 1.165) is 12.1 Å². The minimum atomic E-state index is -3.42. The molecule has 0 saturated heterocycles. The van der Waals surface area contributed by atoms with E-state index in [1.54, 1.807) is 31.2 Å². The molecule has 0 aliphatic heterocycles. The maximum atomic E-state index is 14.7. The van der Waals surface area contributed by atoms with Crippen LogP contribution in [0.5, 0.6) is 0 Å². The number of hydrogen-bond donors (Lipinski definition) is 2. The Morgan fingerprint density at radius 1 is 1.27 bits per heavy atom. The molecule has 0 bridgehead atoms. The molecule has 0 spiro atoms. The minimum absolute atomic E-state index is 0.0219. The van der Waals surface area contributed by atoms with Crippen LogP contribution >= 0.6 is 0 Å². The van der Waals surface area contributed by atoms with E-state index in [2.05, 4.69) is 4.98 Å². The lowest BCUT2D eigenvalue weighted by molar-refractivity contribution is -0.0966. The molecule has 33 heavy (non-hydrogen) atoms. The zero-order valence-electron chi connectivity index (χ0n) is 17.7. The van der Waals surface area contributed by atoms with Gasteiger partial charge in [-0.05, 0) is 70.5 Å². The second kappa shape index (κ2) is 8.49. The van der Waals surface area contributed by atoms with Crippen LogP contribution in [0.1, 0.15) is 59.0 Å². The van der Waals surface area contributed by atoms with Gasteiger partial charge in [0.15, 0.2) is 0 Å². The van der Waals surface area contributed by atoms with Crippen LogP contribution in [0, 0.1) is 17.1 Å². The van der Waals surface area contributed by atoms with Gasteiger partial charge in [-0.2, -0.15) is 5.26 Å². The van der Waals surface area contributed by atoms with E-state index in [0.29, 0.717) is 16.7 Å². The minimum Gasteiger partial charge on any atom is -0.383 e. The number of rotatable bonds is 5. The molecule has 4 rings (SSSR count). The van der Waals surface area contributed by atoms with E-state index < -0.39 is 30.4 Å². The fourth-order valence-electron chi connectivity index (χ4n) is 4.46. The number of aromatic nitrogens is 1. The van der Waals surface area contributed by atoms with Crippen LogP contribution in [-0.2, 0) is 12.8 Å². The van der Waals surface area contributed by atoms with E-state index in [-0.39, 0.29) is 46.5 Å². The van der Waals surface area contributed by atoms with E-state index in [1.165, 1.54) is 6.20 Å². The third kappa shape index (κ3) is 3.93. The second-order valence-corrected chi connectivity index (χ2v) is 8.13. The monoisotopic (exact) mass is 455 g/mol. The summed E-state index contributed by atoms with van der Waals surface area (Å²) in [4.78, 5) is 4.00. The number of aliphatic hydroxyl groups excluding tert-OH is 1. The molecule has 1 aliphatic carbocycles. The van der Waals surface area contributed by atoms with Gasteiger partial charge >= 0.3 is 0 Å². The number of anilines is 1. The molecular formula is C25H21F4N3O. The van der Waals surface area contributed by atoms with Gasteiger partial charge < -0.3 is 10.8 Å². The van der Waals surface area contributed by atoms with Gasteiger partial charge in [-0.25, -0.2) is 22.5 Å². The van der Waals surface area contributed by atoms with Crippen LogP contribution in [0.15, 0.2) is 42.6 Å². The Balaban J connectivity index is 1.91. The average molecular weight is 455 g/mol. The van der Waals surface area contributed by atoms with E-state index >= 15 is 0 Å². The summed E-state index contributed by atoms with van der Waals surface area (Å²) in [5.41, 5.74) is 7.55. The normalized spacial score (nSPS) is 17.4. The van der Waals surface area contributed by atoms with Gasteiger partial charge in [0.25, 0.3) is 5.92 Å². The number of nitrogen functional groups attached to an aromatic ring is 1. The van der Waals surface area contributed by atoms with Gasteiger partial charge in [-0.1, -0.05) is 19.1 Å². The van der Waals surface area contributed by atoms with Crippen molar-refractivity contribution < 1.29 is 22.7 Å². The molecule has 1 heterocycles. The summed E-state index contributed by atoms with van der Waals surface area (Å²) in [5, 5.41) is 20.0. The third-order valence-electron chi connectivity index (χ3n) is 6.10. The first kappa shape index (κ1) is 22.7. The van der Waals surface area contributed by atoms with Crippen molar-refractivity contribution >= 4 is 5.82 Å². The molecule has 0 amide bonds. The molecule has 0 saturated carbocycles. The number of nitriles is 1. The number of fused-ring (bicyclic) bond motifs is 1. The van der Waals surface area contributed by atoms with Crippen molar-refractivity contribution in [2.45, 2.75) is 44.4 Å². The Kier molecular flexibility index (Phi) is 5.85. The largest absolute Gasteiger partial charge is 0.383 e. The Bertz CT molecular complexity index is 1270. The molecule has 8 heteroatoms. The molecule has 2 aromatic carbocycles. The second-order valence-electron chi connectivity index (χ2n) is 8.13. The molecule has 170 valence electrons. The van der Waals surface area contributed by atoms with Crippen molar-refractivity contribution in [1.82, 2.24) is 4.98 Å². The molecular weight excluding hydrogens is 434 g/mol. The van der Waals surface area contributed by atoms with Crippen molar-refractivity contribution in [2.75, 3.05) is 5.73 Å². The first-order chi connectivity index (χ1) is 15.7. The molecule has 1 aliphatic rings. The quantitative estimate of drug-likeness (QED) is 0.492. The third-order valence-corrected chi connectivity index (χ3v) is 6.10. The van der Waals surface area contributed by atoms with Gasteiger partial charge in [0.2, 0.25) is 0 Å². The number of alkyl halides is 3. The van der Waals surface area contributed by atoms with E-state index in [4.69, 9.17) is 5.73 Å². The predicted octanol–water partition coefficient (Wildman–Crippen LogP) is 5.58. The van der Waals surface area contributed by atoms with Crippen LogP contribution in [0.4, 0.5) is 23.4 Å². The Morgan fingerprint density at radius 2 is 2.03 bits per heavy atom. The van der Waals surface area contributed by atoms with Gasteiger partial charge in [0.05, 0.1) is 11.6 Å². The summed E-state index contributed by atoms with van der Waals surface area (Å²) in [6.45, 7) is 1.59. The summed E-state index contributed by atoms with van der Waals surface area (Å²) in [7, 11) is 0. The Morgan fingerprint density at radius 3 is 2.70 bits per heavy atom. The molecule has 3 N–H and O–H groups in total. The van der Waals surface area contributed by atoms with Crippen LogP contribution in [-0.4, -0.2) is 16.0 Å². The molecule has 2 atom stereocenters. The standard InChI is InChI=1S/C25H21F4N3O/c1-2-21(27)19-10-15(26)8-14(12-30)18(19)9-13-5-6-16(17-4-3-7-32-24(17)31)22-20(13)11-25(28,29)23(22)33/h3-8,10,21,23,33H,2,9,11H2,1H3,(H2,31,32). The highest BCUT2D eigenvalue weighted by Crippen LogP contribution is 2.49. The highest BCUT2D eigenvalue weighted by atomic mass is 19.3. The van der Waals surface area contributed by atoms with Crippen molar-refractivity contribution in [2.24, 2.45) is 0 Å². The maximum Gasteiger partial charge on any atom is 0.281 e. The van der Waals surface area contributed by atoms with Gasteiger partial charge in [-0.3, -0.25) is 0 Å². The number of aliphatic hydroxyl groups is 1. The van der Waals surface area contributed by atoms with Crippen molar-refractivity contribution in [3.63, 3.8) is 0 Å². The van der Waals surface area contributed by atoms with Crippen molar-refractivity contribution in [1.29, 1.82) is 5.26 Å². The number of benzene rings is 2. The number of halogens is 4. The highest BCUT2D eigenvalue weighted by Gasteiger charge is 2.49. The molecule has 0 radical (unpaired) electrons. The summed E-state index contributed by atoms with van der Waals surface area (Å²) in [6, 6.07) is 10.3. The zero-order valence-corrected chi connectivity index (χ0v) is 17.7.